The van der Waals surface area contributed by atoms with Crippen LogP contribution in [0.1, 0.15) is 23.7 Å². The quantitative estimate of drug-likeness (QED) is 0.921. The molecule has 0 atom stereocenters. The zero-order valence-electron chi connectivity index (χ0n) is 10.8. The van der Waals surface area contributed by atoms with E-state index in [1.807, 2.05) is 0 Å². The van der Waals surface area contributed by atoms with Crippen LogP contribution in [-0.4, -0.2) is 16.0 Å². The minimum atomic E-state index is -0.105. The van der Waals surface area contributed by atoms with Gasteiger partial charge >= 0.3 is 0 Å². The third-order valence-corrected chi connectivity index (χ3v) is 3.21. The van der Waals surface area contributed by atoms with Crippen LogP contribution >= 0.6 is 23.2 Å². The first kappa shape index (κ1) is 14.8. The van der Waals surface area contributed by atoms with Gasteiger partial charge in [0, 0.05) is 29.4 Å². The first-order chi connectivity index (χ1) is 9.54. The van der Waals surface area contributed by atoms with E-state index < -0.39 is 0 Å². The number of amides is 1. The first-order valence-electron chi connectivity index (χ1n) is 6.04. The van der Waals surface area contributed by atoms with Gasteiger partial charge in [-0.1, -0.05) is 34.4 Å². The van der Waals surface area contributed by atoms with Gasteiger partial charge in [-0.25, -0.2) is 0 Å². The van der Waals surface area contributed by atoms with Crippen LogP contribution in [0.25, 0.3) is 0 Å². The van der Waals surface area contributed by atoms with Crippen molar-refractivity contribution in [3.8, 4) is 0 Å². The molecular weight excluding hydrogens is 301 g/mol. The number of nitrogens with zero attached hydrogens (tertiary/aromatic N) is 2. The van der Waals surface area contributed by atoms with Crippen LogP contribution in [0.3, 0.4) is 0 Å². The van der Waals surface area contributed by atoms with Gasteiger partial charge in [-0.3, -0.25) is 4.79 Å². The van der Waals surface area contributed by atoms with E-state index in [0.717, 1.165) is 5.56 Å². The number of nitrogens with one attached hydrogen (secondary N) is 1. The van der Waals surface area contributed by atoms with Gasteiger partial charge in [0.1, 0.15) is 0 Å². The highest BCUT2D eigenvalue weighted by Gasteiger charge is 2.08. The smallest absolute Gasteiger partial charge is 0.227 e. The molecule has 0 spiro atoms. The molecule has 1 aromatic heterocycles. The lowest BCUT2D eigenvalue weighted by Gasteiger charge is -2.06. The molecule has 106 valence electrons. The number of benzene rings is 1. The lowest BCUT2D eigenvalue weighted by molar-refractivity contribution is -0.121. The monoisotopic (exact) mass is 313 g/mol. The van der Waals surface area contributed by atoms with Gasteiger partial charge in [0.15, 0.2) is 5.82 Å². The van der Waals surface area contributed by atoms with Crippen molar-refractivity contribution >= 4 is 29.1 Å². The molecular formula is C13H13Cl2N3O2. The van der Waals surface area contributed by atoms with Gasteiger partial charge in [-0.2, -0.15) is 4.98 Å². The summed E-state index contributed by atoms with van der Waals surface area (Å²) in [5.74, 6) is 0.919. The Bertz CT molecular complexity index is 613. The van der Waals surface area contributed by atoms with Crippen LogP contribution < -0.4 is 5.32 Å². The zero-order chi connectivity index (χ0) is 14.5. The predicted molar refractivity (Wildman–Crippen MR) is 75.7 cm³/mol. The lowest BCUT2D eigenvalue weighted by Crippen LogP contribution is -2.23. The standard InChI is InChI=1S/C13H13Cl2N3O2/c1-8-17-13(20-18-8)5-4-12(19)16-7-9-2-3-10(14)6-11(9)15/h2-3,6H,4-5,7H2,1H3,(H,16,19). The number of hydrogen-bond acceptors (Lipinski definition) is 4. The topological polar surface area (TPSA) is 68.0 Å². The Morgan fingerprint density at radius 3 is 2.85 bits per heavy atom. The molecule has 1 amide bonds. The molecule has 20 heavy (non-hydrogen) atoms. The fraction of sp³-hybridized carbons (Fsp3) is 0.308. The van der Waals surface area contributed by atoms with E-state index in [2.05, 4.69) is 15.5 Å². The van der Waals surface area contributed by atoms with Crippen molar-refractivity contribution in [2.45, 2.75) is 26.3 Å². The van der Waals surface area contributed by atoms with Gasteiger partial charge in [-0.05, 0) is 24.6 Å². The summed E-state index contributed by atoms with van der Waals surface area (Å²) < 4.78 is 4.93. The number of halogens is 2. The van der Waals surface area contributed by atoms with Gasteiger partial charge in [0.05, 0.1) is 0 Å². The average Bonchev–Trinajstić information content (AvgIpc) is 2.81. The van der Waals surface area contributed by atoms with Crippen LogP contribution in [0.15, 0.2) is 22.7 Å². The molecule has 0 unspecified atom stereocenters. The molecule has 0 saturated heterocycles. The third kappa shape index (κ3) is 4.21. The normalized spacial score (nSPS) is 10.6. The third-order valence-electron chi connectivity index (χ3n) is 2.63. The zero-order valence-corrected chi connectivity index (χ0v) is 12.3. The summed E-state index contributed by atoms with van der Waals surface area (Å²) in [5, 5.41) is 7.54. The Morgan fingerprint density at radius 2 is 2.20 bits per heavy atom. The number of aryl methyl sites for hydroxylation is 2. The van der Waals surface area contributed by atoms with E-state index in [9.17, 15) is 4.79 Å². The van der Waals surface area contributed by atoms with Crippen LogP contribution in [0.5, 0.6) is 0 Å². The van der Waals surface area contributed by atoms with Gasteiger partial charge in [0.2, 0.25) is 11.8 Å². The molecule has 1 heterocycles. The summed E-state index contributed by atoms with van der Waals surface area (Å²) in [4.78, 5) is 15.7. The Kier molecular flexibility index (Phi) is 4.98. The summed E-state index contributed by atoms with van der Waals surface area (Å²) >= 11 is 11.8. The Hall–Kier alpha value is -1.59. The number of hydrogen-bond donors (Lipinski definition) is 1. The maximum Gasteiger partial charge on any atom is 0.227 e. The van der Waals surface area contributed by atoms with Crippen molar-refractivity contribution in [3.05, 3.63) is 45.5 Å². The molecule has 7 heteroatoms. The minimum absolute atomic E-state index is 0.105. The Labute approximate surface area is 126 Å². The Morgan fingerprint density at radius 1 is 1.40 bits per heavy atom. The van der Waals surface area contributed by atoms with Crippen molar-refractivity contribution in [1.29, 1.82) is 0 Å². The van der Waals surface area contributed by atoms with Gasteiger partial charge < -0.3 is 9.84 Å². The molecule has 1 N–H and O–H groups in total. The highest BCUT2D eigenvalue weighted by atomic mass is 35.5. The fourth-order valence-electron chi connectivity index (χ4n) is 1.61. The second-order valence-corrected chi connectivity index (χ2v) is 5.09. The highest BCUT2D eigenvalue weighted by Crippen LogP contribution is 2.20. The van der Waals surface area contributed by atoms with Gasteiger partial charge in [0.25, 0.3) is 0 Å². The van der Waals surface area contributed by atoms with E-state index in [1.165, 1.54) is 0 Å². The van der Waals surface area contributed by atoms with Crippen LogP contribution in [-0.2, 0) is 17.8 Å². The highest BCUT2D eigenvalue weighted by molar-refractivity contribution is 6.35. The molecule has 2 rings (SSSR count). The SMILES string of the molecule is Cc1noc(CCC(=O)NCc2ccc(Cl)cc2Cl)n1. The molecule has 0 fully saturated rings. The van der Waals surface area contributed by atoms with Crippen molar-refractivity contribution in [2.24, 2.45) is 0 Å². The van der Waals surface area contributed by atoms with Crippen LogP contribution in [0, 0.1) is 6.92 Å². The van der Waals surface area contributed by atoms with Crippen LogP contribution in [0.4, 0.5) is 0 Å². The summed E-state index contributed by atoms with van der Waals surface area (Å²) in [6.07, 6.45) is 0.702. The summed E-state index contributed by atoms with van der Waals surface area (Å²) in [5.41, 5.74) is 0.818. The number of rotatable bonds is 5. The second kappa shape index (κ2) is 6.72. The first-order valence-corrected chi connectivity index (χ1v) is 6.80. The Balaban J connectivity index is 1.80. The summed E-state index contributed by atoms with van der Waals surface area (Å²) in [6.45, 7) is 2.09. The molecule has 1 aromatic carbocycles. The summed E-state index contributed by atoms with van der Waals surface area (Å²) in [7, 11) is 0. The number of carbonyl (C=O) groups is 1. The molecule has 0 aliphatic carbocycles. The van der Waals surface area contributed by atoms with E-state index in [4.69, 9.17) is 27.7 Å². The average molecular weight is 314 g/mol. The van der Waals surface area contributed by atoms with Crippen molar-refractivity contribution in [2.75, 3.05) is 0 Å². The van der Waals surface area contributed by atoms with Crippen LogP contribution in [0.2, 0.25) is 10.0 Å². The second-order valence-electron chi connectivity index (χ2n) is 4.25. The largest absolute Gasteiger partial charge is 0.352 e. The van der Waals surface area contributed by atoms with Crippen molar-refractivity contribution in [3.63, 3.8) is 0 Å². The number of aromatic nitrogens is 2. The molecule has 0 radical (unpaired) electrons. The number of carbonyl (C=O) groups excluding carboxylic acids is 1. The molecule has 0 aliphatic rings. The predicted octanol–water partition coefficient (Wildman–Crippen LogP) is 2.93. The van der Waals surface area contributed by atoms with Crippen molar-refractivity contribution in [1.82, 2.24) is 15.5 Å². The van der Waals surface area contributed by atoms with E-state index >= 15 is 0 Å². The van der Waals surface area contributed by atoms with E-state index in [1.54, 1.807) is 25.1 Å². The van der Waals surface area contributed by atoms with E-state index in [0.29, 0.717) is 34.7 Å². The fourth-order valence-corrected chi connectivity index (χ4v) is 2.08. The molecule has 5 nitrogen and oxygen atoms in total. The minimum Gasteiger partial charge on any atom is -0.352 e. The van der Waals surface area contributed by atoms with Gasteiger partial charge in [-0.15, -0.1) is 0 Å². The maximum absolute atomic E-state index is 11.7. The molecule has 0 saturated carbocycles. The molecule has 0 bridgehead atoms. The van der Waals surface area contributed by atoms with Crippen molar-refractivity contribution < 1.29 is 9.32 Å². The summed E-state index contributed by atoms with van der Waals surface area (Å²) in [6, 6.07) is 5.16. The molecule has 2 aromatic rings. The molecule has 0 aliphatic heterocycles. The van der Waals surface area contributed by atoms with E-state index in [-0.39, 0.29) is 12.3 Å². The maximum atomic E-state index is 11.7. The lowest BCUT2D eigenvalue weighted by atomic mass is 10.2.